The van der Waals surface area contributed by atoms with Crippen LogP contribution >= 0.6 is 0 Å². The molecule has 1 aromatic heterocycles. The van der Waals surface area contributed by atoms with Crippen molar-refractivity contribution < 1.29 is 9.59 Å². The van der Waals surface area contributed by atoms with Crippen LogP contribution in [0.1, 0.15) is 26.3 Å². The van der Waals surface area contributed by atoms with Gasteiger partial charge < -0.3 is 10.6 Å². The highest BCUT2D eigenvalue weighted by Crippen LogP contribution is 2.17. The average molecular weight is 360 g/mol. The Morgan fingerprint density at radius 2 is 1.44 bits per heavy atom. The first-order valence-electron chi connectivity index (χ1n) is 8.62. The molecule has 1 heterocycles. The maximum absolute atomic E-state index is 12.2. The number of aryl methyl sites for hydroxylation is 1. The summed E-state index contributed by atoms with van der Waals surface area (Å²) in [5.41, 5.74) is 3.95. The van der Waals surface area contributed by atoms with E-state index >= 15 is 0 Å². The molecular weight excluding hydrogens is 340 g/mol. The highest BCUT2D eigenvalue weighted by Gasteiger charge is 2.08. The smallest absolute Gasteiger partial charge is 0.251 e. The van der Waals surface area contributed by atoms with Gasteiger partial charge in [-0.2, -0.15) is 0 Å². The number of carbonyl (C=O) groups excluding carboxylic acids is 2. The van der Waals surface area contributed by atoms with Crippen molar-refractivity contribution in [2.75, 3.05) is 13.1 Å². The zero-order chi connectivity index (χ0) is 19.1. The third-order valence-electron chi connectivity index (χ3n) is 4.13. The summed E-state index contributed by atoms with van der Waals surface area (Å²) in [6.45, 7) is 2.60. The zero-order valence-electron chi connectivity index (χ0n) is 15.0. The van der Waals surface area contributed by atoms with Gasteiger partial charge in [0, 0.05) is 42.2 Å². The number of aromatic nitrogens is 2. The van der Waals surface area contributed by atoms with E-state index in [4.69, 9.17) is 0 Å². The van der Waals surface area contributed by atoms with E-state index in [1.165, 1.54) is 6.33 Å². The van der Waals surface area contributed by atoms with Gasteiger partial charge in [0.2, 0.25) is 0 Å². The molecule has 0 aliphatic heterocycles. The molecule has 0 bridgehead atoms. The number of hydrogen-bond acceptors (Lipinski definition) is 4. The lowest BCUT2D eigenvalue weighted by Gasteiger charge is -2.09. The van der Waals surface area contributed by atoms with Crippen LogP contribution in [0.15, 0.2) is 67.3 Å². The first-order valence-corrected chi connectivity index (χ1v) is 8.62. The summed E-state index contributed by atoms with van der Waals surface area (Å²) in [6, 6.07) is 14.6. The van der Waals surface area contributed by atoms with Crippen LogP contribution in [-0.4, -0.2) is 34.9 Å². The van der Waals surface area contributed by atoms with E-state index < -0.39 is 0 Å². The summed E-state index contributed by atoms with van der Waals surface area (Å²) < 4.78 is 0. The molecule has 0 radical (unpaired) electrons. The summed E-state index contributed by atoms with van der Waals surface area (Å²) in [5, 5.41) is 5.61. The molecule has 0 saturated heterocycles. The Balaban J connectivity index is 1.48. The minimum atomic E-state index is -0.184. The number of amides is 2. The molecule has 0 aliphatic carbocycles. The first kappa shape index (κ1) is 18.3. The van der Waals surface area contributed by atoms with Gasteiger partial charge in [-0.05, 0) is 36.2 Å². The van der Waals surface area contributed by atoms with Crippen molar-refractivity contribution in [1.29, 1.82) is 0 Å². The molecule has 6 nitrogen and oxygen atoms in total. The molecule has 0 saturated carbocycles. The maximum Gasteiger partial charge on any atom is 0.251 e. The number of nitrogens with zero attached hydrogens (tertiary/aromatic N) is 2. The second kappa shape index (κ2) is 8.71. The van der Waals surface area contributed by atoms with Crippen LogP contribution in [0.3, 0.4) is 0 Å². The molecule has 0 spiro atoms. The van der Waals surface area contributed by atoms with Gasteiger partial charge in [0.25, 0.3) is 11.8 Å². The molecule has 6 heteroatoms. The highest BCUT2D eigenvalue weighted by atomic mass is 16.2. The molecule has 0 fully saturated rings. The number of benzene rings is 2. The summed E-state index contributed by atoms with van der Waals surface area (Å²) in [5.74, 6) is -0.326. The Morgan fingerprint density at radius 1 is 0.815 bits per heavy atom. The van der Waals surface area contributed by atoms with Crippen LogP contribution in [-0.2, 0) is 0 Å². The van der Waals surface area contributed by atoms with Crippen molar-refractivity contribution in [3.05, 3.63) is 83.9 Å². The maximum atomic E-state index is 12.2. The Labute approximate surface area is 157 Å². The van der Waals surface area contributed by atoms with E-state index in [1.54, 1.807) is 30.6 Å². The number of nitrogens with one attached hydrogen (secondary N) is 2. The Bertz CT molecular complexity index is 924. The number of carbonyl (C=O) groups is 2. The normalized spacial score (nSPS) is 10.3. The second-order valence-corrected chi connectivity index (χ2v) is 6.03. The third-order valence-corrected chi connectivity index (χ3v) is 4.13. The minimum Gasteiger partial charge on any atom is -0.350 e. The van der Waals surface area contributed by atoms with Crippen LogP contribution in [0.2, 0.25) is 0 Å². The topological polar surface area (TPSA) is 84.0 Å². The predicted octanol–water partition coefficient (Wildman–Crippen LogP) is 2.61. The molecule has 2 N–H and O–H groups in total. The fraction of sp³-hybridized carbons (Fsp3) is 0.143. The van der Waals surface area contributed by atoms with Gasteiger partial charge in [-0.1, -0.05) is 30.3 Å². The molecule has 2 aromatic carbocycles. The van der Waals surface area contributed by atoms with Crippen molar-refractivity contribution in [2.45, 2.75) is 6.92 Å². The minimum absolute atomic E-state index is 0.142. The fourth-order valence-electron chi connectivity index (χ4n) is 2.64. The van der Waals surface area contributed by atoms with Gasteiger partial charge >= 0.3 is 0 Å². The molecule has 3 aromatic rings. The van der Waals surface area contributed by atoms with Crippen molar-refractivity contribution in [1.82, 2.24) is 20.6 Å². The van der Waals surface area contributed by atoms with Gasteiger partial charge in [-0.3, -0.25) is 9.59 Å². The molecule has 2 amide bonds. The number of rotatable bonds is 6. The standard InChI is InChI=1S/C21H20N4O2/c1-15-4-2-3-5-19(15)21(27)25-11-10-24-20(26)17-8-6-16(7-9-17)18-12-22-14-23-13-18/h2-9,12-14H,10-11H2,1H3,(H,24,26)(H,25,27). The molecule has 0 aliphatic rings. The largest absolute Gasteiger partial charge is 0.350 e. The van der Waals surface area contributed by atoms with Crippen LogP contribution in [0.4, 0.5) is 0 Å². The quantitative estimate of drug-likeness (QED) is 0.662. The van der Waals surface area contributed by atoms with Crippen LogP contribution in [0, 0.1) is 6.92 Å². The first-order chi connectivity index (χ1) is 13.1. The lowest BCUT2D eigenvalue weighted by Crippen LogP contribution is -2.34. The van der Waals surface area contributed by atoms with Crippen molar-refractivity contribution in [3.63, 3.8) is 0 Å². The van der Waals surface area contributed by atoms with E-state index in [2.05, 4.69) is 20.6 Å². The van der Waals surface area contributed by atoms with Gasteiger partial charge in [-0.15, -0.1) is 0 Å². The second-order valence-electron chi connectivity index (χ2n) is 6.03. The molecule has 27 heavy (non-hydrogen) atoms. The summed E-state index contributed by atoms with van der Waals surface area (Å²) in [7, 11) is 0. The molecule has 3 rings (SSSR count). The van der Waals surface area contributed by atoms with Crippen LogP contribution in [0.25, 0.3) is 11.1 Å². The van der Waals surface area contributed by atoms with Crippen molar-refractivity contribution >= 4 is 11.8 Å². The van der Waals surface area contributed by atoms with E-state index in [0.717, 1.165) is 16.7 Å². The zero-order valence-corrected chi connectivity index (χ0v) is 15.0. The van der Waals surface area contributed by atoms with E-state index in [1.807, 2.05) is 37.3 Å². The third kappa shape index (κ3) is 4.76. The van der Waals surface area contributed by atoms with Gasteiger partial charge in [0.1, 0.15) is 6.33 Å². The average Bonchev–Trinajstić information content (AvgIpc) is 2.72. The summed E-state index contributed by atoms with van der Waals surface area (Å²) in [6.07, 6.45) is 4.92. The van der Waals surface area contributed by atoms with Crippen molar-refractivity contribution in [3.8, 4) is 11.1 Å². The van der Waals surface area contributed by atoms with E-state index in [9.17, 15) is 9.59 Å². The predicted molar refractivity (Wildman–Crippen MR) is 103 cm³/mol. The summed E-state index contributed by atoms with van der Waals surface area (Å²) in [4.78, 5) is 32.3. The van der Waals surface area contributed by atoms with Gasteiger partial charge in [-0.25, -0.2) is 9.97 Å². The fourth-order valence-corrected chi connectivity index (χ4v) is 2.64. The lowest BCUT2D eigenvalue weighted by molar-refractivity contribution is 0.0927. The van der Waals surface area contributed by atoms with Gasteiger partial charge in [0.15, 0.2) is 0 Å². The molecule has 0 atom stereocenters. The van der Waals surface area contributed by atoms with Gasteiger partial charge in [0.05, 0.1) is 0 Å². The molecular formula is C21H20N4O2. The Kier molecular flexibility index (Phi) is 5.89. The van der Waals surface area contributed by atoms with Crippen molar-refractivity contribution in [2.24, 2.45) is 0 Å². The Morgan fingerprint density at radius 3 is 2.11 bits per heavy atom. The lowest BCUT2D eigenvalue weighted by atomic mass is 10.1. The Hall–Kier alpha value is -3.54. The monoisotopic (exact) mass is 360 g/mol. The SMILES string of the molecule is Cc1ccccc1C(=O)NCCNC(=O)c1ccc(-c2cncnc2)cc1. The van der Waals surface area contributed by atoms with E-state index in [-0.39, 0.29) is 11.8 Å². The molecule has 136 valence electrons. The summed E-state index contributed by atoms with van der Waals surface area (Å²) >= 11 is 0. The molecule has 0 unspecified atom stereocenters. The number of hydrogen-bond donors (Lipinski definition) is 2. The van der Waals surface area contributed by atoms with E-state index in [0.29, 0.717) is 24.2 Å². The van der Waals surface area contributed by atoms with Crippen LogP contribution < -0.4 is 10.6 Å². The van der Waals surface area contributed by atoms with Crippen LogP contribution in [0.5, 0.6) is 0 Å². The highest BCUT2D eigenvalue weighted by molar-refractivity contribution is 5.96.